The molecule has 0 aliphatic carbocycles. The van der Waals surface area contributed by atoms with E-state index in [-0.39, 0.29) is 17.7 Å². The Morgan fingerprint density at radius 1 is 1.07 bits per heavy atom. The molecule has 4 aromatic rings. The van der Waals surface area contributed by atoms with Gasteiger partial charge in [0.05, 0.1) is 40.7 Å². The number of halogens is 3. The Balaban J connectivity index is 1.62. The number of benzene rings is 3. The number of allylic oxidation sites excluding steroid dienone is 1. The number of methoxy groups -OCH3 is 3. The first-order valence-corrected chi connectivity index (χ1v) is 15.5. The van der Waals surface area contributed by atoms with Gasteiger partial charge in [-0.05, 0) is 77.6 Å². The molecule has 12 heteroatoms. The Kier molecular flexibility index (Phi) is 9.50. The van der Waals surface area contributed by atoms with Gasteiger partial charge in [-0.25, -0.2) is 9.79 Å². The van der Waals surface area contributed by atoms with Crippen molar-refractivity contribution >= 4 is 69.2 Å². The van der Waals surface area contributed by atoms with E-state index in [1.807, 2.05) is 30.3 Å². The van der Waals surface area contributed by atoms with Crippen molar-refractivity contribution in [1.82, 2.24) is 4.57 Å². The Morgan fingerprint density at radius 2 is 1.81 bits per heavy atom. The van der Waals surface area contributed by atoms with Crippen LogP contribution in [-0.4, -0.2) is 31.9 Å². The molecular formula is C31H25Cl2IN2O6S. The fraction of sp³-hybridized carbons (Fsp3) is 0.194. The Bertz CT molecular complexity index is 1950. The number of nitrogens with zero attached hydrogens (tertiary/aromatic N) is 2. The van der Waals surface area contributed by atoms with Crippen LogP contribution < -0.4 is 29.1 Å². The highest BCUT2D eigenvalue weighted by molar-refractivity contribution is 14.1. The van der Waals surface area contributed by atoms with E-state index < -0.39 is 12.0 Å². The monoisotopic (exact) mass is 750 g/mol. The molecule has 3 aromatic carbocycles. The molecular weight excluding hydrogens is 726 g/mol. The molecule has 0 amide bonds. The number of hydrogen-bond acceptors (Lipinski definition) is 8. The molecule has 0 unspecified atom stereocenters. The Morgan fingerprint density at radius 3 is 2.51 bits per heavy atom. The third-order valence-electron chi connectivity index (χ3n) is 6.79. The molecule has 0 fully saturated rings. The first-order chi connectivity index (χ1) is 20.7. The molecule has 1 aliphatic rings. The minimum absolute atomic E-state index is 0.221. The summed E-state index contributed by atoms with van der Waals surface area (Å²) in [5.74, 6) is 0.928. The topological polar surface area (TPSA) is 88.4 Å². The molecule has 1 aliphatic heterocycles. The molecule has 0 spiro atoms. The lowest BCUT2D eigenvalue weighted by Crippen LogP contribution is -2.40. The largest absolute Gasteiger partial charge is 0.496 e. The smallest absolute Gasteiger partial charge is 0.338 e. The van der Waals surface area contributed by atoms with Crippen LogP contribution in [-0.2, 0) is 16.1 Å². The zero-order valence-electron chi connectivity index (χ0n) is 23.4. The van der Waals surface area contributed by atoms with Gasteiger partial charge < -0.3 is 18.9 Å². The number of esters is 1. The summed E-state index contributed by atoms with van der Waals surface area (Å²) in [7, 11) is 4.36. The molecule has 1 aromatic heterocycles. The average Bonchev–Trinajstić information content (AvgIpc) is 3.29. The van der Waals surface area contributed by atoms with Crippen molar-refractivity contribution in [3.8, 4) is 17.2 Å². The van der Waals surface area contributed by atoms with E-state index in [1.54, 1.807) is 44.4 Å². The number of aromatic nitrogens is 1. The number of fused-ring (bicyclic) bond motifs is 1. The summed E-state index contributed by atoms with van der Waals surface area (Å²) in [5.41, 5.74) is 2.42. The minimum atomic E-state index is -0.866. The molecule has 8 nitrogen and oxygen atoms in total. The lowest BCUT2D eigenvalue weighted by Gasteiger charge is -2.25. The standard InChI is InChI=1S/C31H25Cl2IN2O6S/c1-16-26(30(38)41-4)27(20-14-19(32)9-10-23(20)39-2)36-29(37)25(43-31(36)35-16)13-17-11-22(34)28(24(12-17)40-3)42-15-18-7-5-6-8-21(18)33/h5-14,27H,15H2,1-4H3/b25-13-/t27-/m1/s1. The van der Waals surface area contributed by atoms with Crippen LogP contribution in [0.2, 0.25) is 10.0 Å². The molecule has 0 bridgehead atoms. The van der Waals surface area contributed by atoms with E-state index in [2.05, 4.69) is 27.6 Å². The zero-order valence-corrected chi connectivity index (χ0v) is 27.9. The number of ether oxygens (including phenoxy) is 4. The summed E-state index contributed by atoms with van der Waals surface area (Å²) in [5, 5.41) is 1.04. The third kappa shape index (κ3) is 6.19. The van der Waals surface area contributed by atoms with Crippen molar-refractivity contribution in [3.05, 3.63) is 116 Å². The van der Waals surface area contributed by atoms with Crippen LogP contribution >= 0.6 is 57.1 Å². The molecule has 5 rings (SSSR count). The maximum absolute atomic E-state index is 14.0. The van der Waals surface area contributed by atoms with Gasteiger partial charge in [-0.2, -0.15) is 0 Å². The van der Waals surface area contributed by atoms with Gasteiger partial charge in [-0.15, -0.1) is 0 Å². The van der Waals surface area contributed by atoms with Crippen LogP contribution in [0.3, 0.4) is 0 Å². The fourth-order valence-corrected chi connectivity index (χ4v) is 6.98. The minimum Gasteiger partial charge on any atom is -0.496 e. The molecule has 0 saturated heterocycles. The molecule has 0 N–H and O–H groups in total. The predicted molar refractivity (Wildman–Crippen MR) is 175 cm³/mol. The number of hydrogen-bond donors (Lipinski definition) is 0. The molecule has 222 valence electrons. The van der Waals surface area contributed by atoms with Crippen LogP contribution in [0.4, 0.5) is 0 Å². The second-order valence-electron chi connectivity index (χ2n) is 9.37. The van der Waals surface area contributed by atoms with Crippen LogP contribution in [0.1, 0.15) is 29.7 Å². The second kappa shape index (κ2) is 13.1. The number of carbonyl (C=O) groups is 1. The van der Waals surface area contributed by atoms with E-state index >= 15 is 0 Å². The van der Waals surface area contributed by atoms with E-state index in [4.69, 9.17) is 42.1 Å². The van der Waals surface area contributed by atoms with E-state index in [1.165, 1.54) is 30.1 Å². The number of carbonyl (C=O) groups excluding carboxylic acids is 1. The molecule has 2 heterocycles. The van der Waals surface area contributed by atoms with Crippen molar-refractivity contribution in [1.29, 1.82) is 0 Å². The summed E-state index contributed by atoms with van der Waals surface area (Å²) in [4.78, 5) is 32.0. The van der Waals surface area contributed by atoms with Crippen molar-refractivity contribution in [2.75, 3.05) is 21.3 Å². The molecule has 43 heavy (non-hydrogen) atoms. The van der Waals surface area contributed by atoms with Gasteiger partial charge in [0.1, 0.15) is 18.4 Å². The Labute approximate surface area is 274 Å². The zero-order chi connectivity index (χ0) is 30.8. The van der Waals surface area contributed by atoms with Gasteiger partial charge >= 0.3 is 5.97 Å². The highest BCUT2D eigenvalue weighted by Crippen LogP contribution is 2.38. The number of thiazole rings is 1. The summed E-state index contributed by atoms with van der Waals surface area (Å²) < 4.78 is 25.1. The van der Waals surface area contributed by atoms with Crippen LogP contribution in [0.5, 0.6) is 17.2 Å². The van der Waals surface area contributed by atoms with Crippen molar-refractivity contribution in [2.24, 2.45) is 4.99 Å². The summed E-state index contributed by atoms with van der Waals surface area (Å²) in [6.07, 6.45) is 1.76. The highest BCUT2D eigenvalue weighted by Gasteiger charge is 2.35. The average molecular weight is 751 g/mol. The van der Waals surface area contributed by atoms with Crippen LogP contribution in [0, 0.1) is 3.57 Å². The van der Waals surface area contributed by atoms with Gasteiger partial charge in [-0.1, -0.05) is 52.7 Å². The van der Waals surface area contributed by atoms with Crippen molar-refractivity contribution < 1.29 is 23.7 Å². The van der Waals surface area contributed by atoms with Gasteiger partial charge in [0, 0.05) is 21.2 Å². The fourth-order valence-electron chi connectivity index (χ4n) is 4.79. The maximum Gasteiger partial charge on any atom is 0.338 e. The molecule has 0 radical (unpaired) electrons. The maximum atomic E-state index is 14.0. The first-order valence-electron chi connectivity index (χ1n) is 12.8. The number of rotatable bonds is 8. The van der Waals surface area contributed by atoms with Crippen molar-refractivity contribution in [3.63, 3.8) is 0 Å². The lowest BCUT2D eigenvalue weighted by atomic mass is 9.95. The van der Waals surface area contributed by atoms with Crippen LogP contribution in [0.15, 0.2) is 75.7 Å². The van der Waals surface area contributed by atoms with Gasteiger partial charge in [0.25, 0.3) is 5.56 Å². The third-order valence-corrected chi connectivity index (χ3v) is 9.18. The summed E-state index contributed by atoms with van der Waals surface area (Å²) in [6.45, 7) is 1.97. The predicted octanol–water partition coefficient (Wildman–Crippen LogP) is 5.92. The normalized spacial score (nSPS) is 14.7. The molecule has 1 atom stereocenters. The van der Waals surface area contributed by atoms with Gasteiger partial charge in [0.15, 0.2) is 16.3 Å². The Hall–Kier alpha value is -3.32. The summed E-state index contributed by atoms with van der Waals surface area (Å²) in [6, 6.07) is 15.3. The van der Waals surface area contributed by atoms with Crippen molar-refractivity contribution in [2.45, 2.75) is 19.6 Å². The quantitative estimate of drug-likeness (QED) is 0.164. The van der Waals surface area contributed by atoms with Gasteiger partial charge in [-0.3, -0.25) is 9.36 Å². The highest BCUT2D eigenvalue weighted by atomic mass is 127. The van der Waals surface area contributed by atoms with Gasteiger partial charge in [0.2, 0.25) is 0 Å². The first kappa shape index (κ1) is 31.1. The molecule has 0 saturated carbocycles. The lowest BCUT2D eigenvalue weighted by molar-refractivity contribution is -0.136. The van der Waals surface area contributed by atoms with E-state index in [0.717, 1.165) is 14.7 Å². The van der Waals surface area contributed by atoms with Crippen LogP contribution in [0.25, 0.3) is 6.08 Å². The van der Waals surface area contributed by atoms with E-state index in [0.29, 0.717) is 47.9 Å². The second-order valence-corrected chi connectivity index (χ2v) is 12.4. The summed E-state index contributed by atoms with van der Waals surface area (Å²) >= 11 is 16.0. The SMILES string of the molecule is COC(=O)C1=C(C)N=c2s/c(=C\c3cc(I)c(OCc4ccccc4Cl)c(OC)c3)c(=O)n2[C@@H]1c1cc(Cl)ccc1OC. The van der Waals surface area contributed by atoms with E-state index in [9.17, 15) is 9.59 Å².